The van der Waals surface area contributed by atoms with Crippen LogP contribution in [0.25, 0.3) is 0 Å². The number of hydrogen-bond acceptors (Lipinski definition) is 12. The predicted octanol–water partition coefficient (Wildman–Crippen LogP) is 2.26. The molecule has 0 rings (SSSR count). The van der Waals surface area contributed by atoms with Crippen molar-refractivity contribution in [1.29, 1.82) is 0 Å². The first kappa shape index (κ1) is 67.1. The molecule has 0 aliphatic carbocycles. The zero-order valence-electron chi connectivity index (χ0n) is 6.77. The molecule has 0 spiro atoms. The monoisotopic (exact) mass is 1130 g/mol. The summed E-state index contributed by atoms with van der Waals surface area (Å²) >= 11 is 1.17. The summed E-state index contributed by atoms with van der Waals surface area (Å²) in [5, 5.41) is 0. The van der Waals surface area contributed by atoms with Crippen molar-refractivity contribution in [2.75, 3.05) is 0 Å². The van der Waals surface area contributed by atoms with E-state index in [9.17, 15) is 0 Å². The van der Waals surface area contributed by atoms with E-state index >= 15 is 0 Å². The van der Waals surface area contributed by atoms with Crippen LogP contribution in [0, 0.1) is 0 Å². The number of rotatable bonds is 0. The normalized spacial score (nSPS) is 2.00. The van der Waals surface area contributed by atoms with Gasteiger partial charge in [-0.2, -0.15) is 0 Å². The van der Waals surface area contributed by atoms with E-state index in [0.29, 0.717) is 0 Å². The summed E-state index contributed by atoms with van der Waals surface area (Å²) in [4.78, 5) is 0. The SMILES string of the molecule is [SH-].[SH-].[SH-].[SH-].[SH-].[SH-].[S]=[W-].[S]=[W-].[S]=[W]=[S].[S]=[W]=[S]. The minimum absolute atomic E-state index is 0. The molecule has 0 aromatic carbocycles. The van der Waals surface area contributed by atoms with Gasteiger partial charge in [0.25, 0.3) is 0 Å². The van der Waals surface area contributed by atoms with Gasteiger partial charge in [-0.05, 0) is 0 Å². The van der Waals surface area contributed by atoms with Crippen LogP contribution in [0.3, 0.4) is 0 Å². The van der Waals surface area contributed by atoms with Crippen LogP contribution < -0.4 is 0 Å². The van der Waals surface area contributed by atoms with Crippen LogP contribution in [0.1, 0.15) is 0 Å². The molecule has 0 saturated carbocycles. The van der Waals surface area contributed by atoms with Crippen molar-refractivity contribution in [3.8, 4) is 0 Å². The van der Waals surface area contributed by atoms with E-state index in [-0.39, 0.29) is 81.0 Å². The second-order valence-corrected chi connectivity index (χ2v) is 10.0. The summed E-state index contributed by atoms with van der Waals surface area (Å²) in [5.74, 6) is 0. The van der Waals surface area contributed by atoms with E-state index < -0.39 is 29.8 Å². The molecule has 16 heteroatoms. The summed E-state index contributed by atoms with van der Waals surface area (Å²) < 4.78 is 0. The van der Waals surface area contributed by atoms with Crippen molar-refractivity contribution < 1.29 is 65.8 Å². The van der Waals surface area contributed by atoms with Crippen molar-refractivity contribution in [3.05, 3.63) is 0 Å². The summed E-state index contributed by atoms with van der Waals surface area (Å²) in [7, 11) is 25.8. The fraction of sp³-hybridized carbons (Fsp3) is 0. The molecule has 110 valence electrons. The van der Waals surface area contributed by atoms with Gasteiger partial charge in [-0.3, -0.25) is 0 Å². The Bertz CT molecular complexity index is 85.6. The fourth-order valence-electron chi connectivity index (χ4n) is 0. The molecule has 0 aliphatic heterocycles. The molecular weight excluding hydrogens is 1120 g/mol. The number of hydrogen-bond donors (Lipinski definition) is 0. The van der Waals surface area contributed by atoms with Gasteiger partial charge in [0, 0.05) is 0 Å². The van der Waals surface area contributed by atoms with Crippen LogP contribution in [0.4, 0.5) is 0 Å². The molecule has 0 bridgehead atoms. The van der Waals surface area contributed by atoms with Gasteiger partial charge in [-0.15, -0.1) is 0 Å². The van der Waals surface area contributed by atoms with E-state index in [1.54, 1.807) is 0 Å². The van der Waals surface area contributed by atoms with E-state index in [1.165, 1.54) is 36.0 Å². The Balaban J connectivity index is -0.00000000338. The first-order valence-electron chi connectivity index (χ1n) is 1.00. The van der Waals surface area contributed by atoms with Gasteiger partial charge in [0.05, 0.1) is 0 Å². The fourth-order valence-corrected chi connectivity index (χ4v) is 0. The Labute approximate surface area is 201 Å². The third-order valence-corrected chi connectivity index (χ3v) is 0. The number of thiol groups is 6. The second kappa shape index (κ2) is 129. The molecule has 0 heterocycles. The van der Waals surface area contributed by atoms with Crippen molar-refractivity contribution >= 4 is 140 Å². The molecule has 0 fully saturated rings. The van der Waals surface area contributed by atoms with E-state index in [1.807, 2.05) is 0 Å². The van der Waals surface area contributed by atoms with Gasteiger partial charge in [0.2, 0.25) is 0 Å². The van der Waals surface area contributed by atoms with Gasteiger partial charge in [-0.1, -0.05) is 0 Å². The molecule has 0 amide bonds. The van der Waals surface area contributed by atoms with Crippen molar-refractivity contribution in [2.24, 2.45) is 0 Å². The summed E-state index contributed by atoms with van der Waals surface area (Å²) in [6, 6.07) is 0. The Morgan fingerprint density at radius 1 is 0.438 bits per heavy atom. The molecule has 0 nitrogen and oxygen atoms in total. The quantitative estimate of drug-likeness (QED) is 0.259. The van der Waals surface area contributed by atoms with Gasteiger partial charge < -0.3 is 81.0 Å². The van der Waals surface area contributed by atoms with Crippen LogP contribution in [0.5, 0.6) is 0 Å². The zero-order chi connectivity index (χ0) is 9.41. The standard InChI is InChI=1S/6H2S.6S.4W/h6*1H2;;;;;;;;;;/q;;;;;;;;;;;;;;2*-1/p-6. The van der Waals surface area contributed by atoms with Crippen LogP contribution in [-0.2, 0) is 147 Å². The average molecular weight is 1130 g/mol. The molecule has 0 saturated heterocycles. The second-order valence-electron chi connectivity index (χ2n) is 0.136. The van der Waals surface area contributed by atoms with E-state index in [0.717, 1.165) is 0 Å². The molecular formula is H6S12W4-8. The summed E-state index contributed by atoms with van der Waals surface area (Å²) in [5.41, 5.74) is 0. The molecule has 0 radical (unpaired) electrons. The summed E-state index contributed by atoms with van der Waals surface area (Å²) in [6.45, 7) is 0. The van der Waals surface area contributed by atoms with Crippen LogP contribution in [0.15, 0.2) is 0 Å². The molecule has 0 unspecified atom stereocenters. The first-order valence-corrected chi connectivity index (χ1v) is 24.6. The van der Waals surface area contributed by atoms with E-state index in [2.05, 4.69) is 58.9 Å². The Hall–Kier alpha value is 6.17. The van der Waals surface area contributed by atoms with Crippen molar-refractivity contribution in [2.45, 2.75) is 0 Å². The van der Waals surface area contributed by atoms with Crippen LogP contribution >= 0.6 is 58.9 Å². The van der Waals surface area contributed by atoms with E-state index in [4.69, 9.17) is 0 Å². The molecule has 0 atom stereocenters. The summed E-state index contributed by atoms with van der Waals surface area (Å²) in [6.07, 6.45) is 0. The van der Waals surface area contributed by atoms with Crippen molar-refractivity contribution in [3.63, 3.8) is 0 Å². The first-order chi connectivity index (χ1) is 4.83. The minimum atomic E-state index is -0.583. The maximum absolute atomic E-state index is 4.38. The third-order valence-electron chi connectivity index (χ3n) is 0. The Morgan fingerprint density at radius 2 is 0.438 bits per heavy atom. The Morgan fingerprint density at radius 3 is 0.438 bits per heavy atom. The average Bonchev–Trinajstić information content (AvgIpc) is 1.99. The molecule has 16 heavy (non-hydrogen) atoms. The van der Waals surface area contributed by atoms with Crippen molar-refractivity contribution in [1.82, 2.24) is 0 Å². The molecule has 0 aromatic heterocycles. The predicted molar refractivity (Wildman–Crippen MR) is 98.1 cm³/mol. The van der Waals surface area contributed by atoms with Gasteiger partial charge in [-0.25, -0.2) is 0 Å². The zero-order valence-corrected chi connectivity index (χ0v) is 28.8. The van der Waals surface area contributed by atoms with Gasteiger partial charge in [0.1, 0.15) is 0 Å². The van der Waals surface area contributed by atoms with Gasteiger partial charge >= 0.3 is 125 Å². The topological polar surface area (TPSA) is 0 Å². The Kier molecular flexibility index (Phi) is 541. The molecule has 0 aliphatic rings. The van der Waals surface area contributed by atoms with Crippen LogP contribution in [-0.4, -0.2) is 0 Å². The van der Waals surface area contributed by atoms with Crippen LogP contribution in [0.2, 0.25) is 0 Å². The molecule has 0 aromatic rings. The molecule has 0 N–H and O–H groups in total. The van der Waals surface area contributed by atoms with Gasteiger partial charge in [0.15, 0.2) is 0 Å². The maximum atomic E-state index is 4.38. The third kappa shape index (κ3) is 195.